The molecule has 2 rings (SSSR count). The van der Waals surface area contributed by atoms with Crippen molar-refractivity contribution in [2.45, 2.75) is 51.7 Å². The molecule has 0 unspecified atom stereocenters. The fourth-order valence-corrected chi connectivity index (χ4v) is 2.92. The first-order chi connectivity index (χ1) is 7.87. The normalized spacial score (nSPS) is 33.4. The van der Waals surface area contributed by atoms with Gasteiger partial charge in [-0.2, -0.15) is 0 Å². The summed E-state index contributed by atoms with van der Waals surface area (Å²) in [4.78, 5) is 13.7. The number of carbonyl (C=O) groups excluding carboxylic acids is 1. The number of aliphatic hydroxyl groups is 1. The molecule has 98 valence electrons. The van der Waals surface area contributed by atoms with E-state index in [0.29, 0.717) is 12.5 Å². The van der Waals surface area contributed by atoms with Crippen LogP contribution in [0, 0.1) is 11.8 Å². The van der Waals surface area contributed by atoms with Gasteiger partial charge in [0.15, 0.2) is 0 Å². The van der Waals surface area contributed by atoms with Gasteiger partial charge in [0.2, 0.25) is 0 Å². The number of hydrogen-bond acceptors (Lipinski definition) is 3. The highest BCUT2D eigenvalue weighted by atomic mass is 16.6. The smallest absolute Gasteiger partial charge is 0.410 e. The molecule has 17 heavy (non-hydrogen) atoms. The van der Waals surface area contributed by atoms with Gasteiger partial charge in [-0.3, -0.25) is 0 Å². The lowest BCUT2D eigenvalue weighted by Gasteiger charge is -2.36. The van der Waals surface area contributed by atoms with Gasteiger partial charge >= 0.3 is 6.09 Å². The first kappa shape index (κ1) is 12.7. The van der Waals surface area contributed by atoms with Crippen LogP contribution in [0.15, 0.2) is 0 Å². The Morgan fingerprint density at radius 1 is 1.29 bits per heavy atom. The van der Waals surface area contributed by atoms with E-state index in [1.807, 2.05) is 20.8 Å². The summed E-state index contributed by atoms with van der Waals surface area (Å²) >= 11 is 0. The largest absolute Gasteiger partial charge is 0.444 e. The second kappa shape index (κ2) is 4.48. The maximum atomic E-state index is 11.9. The van der Waals surface area contributed by atoms with Crippen molar-refractivity contribution in [3.8, 4) is 0 Å². The van der Waals surface area contributed by atoms with E-state index in [-0.39, 0.29) is 18.1 Å². The van der Waals surface area contributed by atoms with Gasteiger partial charge in [0.05, 0.1) is 6.10 Å². The fourth-order valence-electron chi connectivity index (χ4n) is 2.92. The number of ether oxygens (including phenoxy) is 1. The van der Waals surface area contributed by atoms with Gasteiger partial charge in [-0.05, 0) is 46.0 Å². The van der Waals surface area contributed by atoms with Crippen LogP contribution in [0.1, 0.15) is 40.0 Å². The van der Waals surface area contributed by atoms with E-state index >= 15 is 0 Å². The molecule has 3 atom stereocenters. The van der Waals surface area contributed by atoms with Crippen molar-refractivity contribution in [1.29, 1.82) is 0 Å². The Bertz CT molecular complexity index is 298. The monoisotopic (exact) mass is 241 g/mol. The molecule has 0 radical (unpaired) electrons. The third-order valence-corrected chi connectivity index (χ3v) is 3.79. The molecule has 1 saturated heterocycles. The summed E-state index contributed by atoms with van der Waals surface area (Å²) in [5, 5.41) is 9.88. The van der Waals surface area contributed by atoms with Crippen LogP contribution in [0.2, 0.25) is 0 Å². The zero-order chi connectivity index (χ0) is 12.6. The van der Waals surface area contributed by atoms with E-state index in [1.54, 1.807) is 4.90 Å². The molecule has 1 aliphatic heterocycles. The lowest BCUT2D eigenvalue weighted by atomic mass is 9.88. The number of rotatable bonds is 0. The minimum atomic E-state index is -0.442. The van der Waals surface area contributed by atoms with Crippen LogP contribution < -0.4 is 0 Å². The van der Waals surface area contributed by atoms with Crippen LogP contribution in [-0.4, -0.2) is 40.9 Å². The number of aliphatic hydroxyl groups excluding tert-OH is 1. The van der Waals surface area contributed by atoms with Crippen LogP contribution in [0.25, 0.3) is 0 Å². The van der Waals surface area contributed by atoms with Crippen molar-refractivity contribution < 1.29 is 14.6 Å². The molecule has 2 aliphatic rings. The van der Waals surface area contributed by atoms with Gasteiger partial charge in [-0.15, -0.1) is 0 Å². The van der Waals surface area contributed by atoms with E-state index in [1.165, 1.54) is 0 Å². The van der Waals surface area contributed by atoms with E-state index < -0.39 is 5.60 Å². The molecule has 0 aromatic carbocycles. The number of amides is 1. The van der Waals surface area contributed by atoms with Crippen LogP contribution >= 0.6 is 0 Å². The Hall–Kier alpha value is -0.770. The summed E-state index contributed by atoms with van der Waals surface area (Å²) < 4.78 is 5.37. The molecule has 1 saturated carbocycles. The number of likely N-dealkylation sites (tertiary alicyclic amines) is 1. The van der Waals surface area contributed by atoms with E-state index in [2.05, 4.69) is 0 Å². The summed E-state index contributed by atoms with van der Waals surface area (Å²) in [6.45, 7) is 7.05. The van der Waals surface area contributed by atoms with Crippen LogP contribution in [0.3, 0.4) is 0 Å². The van der Waals surface area contributed by atoms with Crippen molar-refractivity contribution in [3.63, 3.8) is 0 Å². The Morgan fingerprint density at radius 3 is 2.65 bits per heavy atom. The van der Waals surface area contributed by atoms with Crippen LogP contribution in [-0.2, 0) is 4.74 Å². The van der Waals surface area contributed by atoms with E-state index in [4.69, 9.17) is 4.74 Å². The van der Waals surface area contributed by atoms with Gasteiger partial charge < -0.3 is 14.7 Å². The topological polar surface area (TPSA) is 49.8 Å². The number of hydrogen-bond donors (Lipinski definition) is 1. The van der Waals surface area contributed by atoms with Crippen molar-refractivity contribution in [2.24, 2.45) is 11.8 Å². The SMILES string of the molecule is CC(C)(C)OC(=O)N1CC[C@@H]2CC[C@@H](O)[C@@H]2C1. The Kier molecular flexibility index (Phi) is 3.34. The average Bonchev–Trinajstić information content (AvgIpc) is 2.57. The summed E-state index contributed by atoms with van der Waals surface area (Å²) in [5.74, 6) is 0.861. The number of nitrogens with zero attached hydrogens (tertiary/aromatic N) is 1. The highest BCUT2D eigenvalue weighted by Gasteiger charge is 2.40. The molecule has 0 spiro atoms. The number of piperidine rings is 1. The van der Waals surface area contributed by atoms with E-state index in [9.17, 15) is 9.90 Å². The second-order valence-electron chi connectivity index (χ2n) is 6.28. The van der Waals surface area contributed by atoms with Crippen LogP contribution in [0.5, 0.6) is 0 Å². The van der Waals surface area contributed by atoms with Gasteiger partial charge in [0, 0.05) is 19.0 Å². The van der Waals surface area contributed by atoms with Gasteiger partial charge in [0.1, 0.15) is 5.60 Å². The molecule has 1 aliphatic carbocycles. The summed E-state index contributed by atoms with van der Waals surface area (Å²) in [6, 6.07) is 0. The maximum Gasteiger partial charge on any atom is 0.410 e. The maximum absolute atomic E-state index is 11.9. The Labute approximate surface area is 103 Å². The fraction of sp³-hybridized carbons (Fsp3) is 0.923. The molecule has 4 heteroatoms. The molecule has 0 bridgehead atoms. The van der Waals surface area contributed by atoms with Crippen molar-refractivity contribution in [2.75, 3.05) is 13.1 Å². The molecular weight excluding hydrogens is 218 g/mol. The van der Waals surface area contributed by atoms with Crippen LogP contribution in [0.4, 0.5) is 4.79 Å². The predicted molar refractivity (Wildman–Crippen MR) is 64.6 cm³/mol. The second-order valence-corrected chi connectivity index (χ2v) is 6.28. The molecule has 4 nitrogen and oxygen atoms in total. The summed E-state index contributed by atoms with van der Waals surface area (Å²) in [6.07, 6.45) is 2.52. The van der Waals surface area contributed by atoms with Crippen molar-refractivity contribution in [3.05, 3.63) is 0 Å². The number of carbonyl (C=O) groups is 1. The lowest BCUT2D eigenvalue weighted by molar-refractivity contribution is 0.00177. The zero-order valence-corrected chi connectivity index (χ0v) is 11.0. The average molecular weight is 241 g/mol. The molecule has 1 amide bonds. The summed E-state index contributed by atoms with van der Waals surface area (Å²) in [7, 11) is 0. The molecular formula is C13H23NO3. The molecule has 1 N–H and O–H groups in total. The van der Waals surface area contributed by atoms with E-state index in [0.717, 1.165) is 25.8 Å². The van der Waals surface area contributed by atoms with Gasteiger partial charge in [0.25, 0.3) is 0 Å². The van der Waals surface area contributed by atoms with Crippen molar-refractivity contribution >= 4 is 6.09 Å². The number of fused-ring (bicyclic) bond motifs is 1. The van der Waals surface area contributed by atoms with Crippen molar-refractivity contribution in [1.82, 2.24) is 4.90 Å². The Morgan fingerprint density at radius 2 is 2.00 bits per heavy atom. The first-order valence-electron chi connectivity index (χ1n) is 6.53. The highest BCUT2D eigenvalue weighted by Crippen LogP contribution is 2.38. The zero-order valence-electron chi connectivity index (χ0n) is 11.0. The third kappa shape index (κ3) is 2.92. The molecule has 0 aromatic rings. The minimum absolute atomic E-state index is 0.231. The quantitative estimate of drug-likeness (QED) is 0.706. The van der Waals surface area contributed by atoms with Gasteiger partial charge in [-0.1, -0.05) is 0 Å². The van der Waals surface area contributed by atoms with Gasteiger partial charge in [-0.25, -0.2) is 4.79 Å². The first-order valence-corrected chi connectivity index (χ1v) is 6.53. The third-order valence-electron chi connectivity index (χ3n) is 3.79. The Balaban J connectivity index is 1.93. The minimum Gasteiger partial charge on any atom is -0.444 e. The highest BCUT2D eigenvalue weighted by molar-refractivity contribution is 5.68. The molecule has 0 aromatic heterocycles. The summed E-state index contributed by atoms with van der Waals surface area (Å²) in [5.41, 5.74) is -0.442. The molecule has 2 fully saturated rings. The predicted octanol–water partition coefficient (Wildman–Crippen LogP) is 2.01. The molecule has 1 heterocycles. The lowest BCUT2D eigenvalue weighted by Crippen LogP contribution is -2.46. The standard InChI is InChI=1S/C13H23NO3/c1-13(2,3)17-12(16)14-7-6-9-4-5-11(15)10(9)8-14/h9-11,15H,4-8H2,1-3H3/t9-,10+,11+/m0/s1.